The number of benzene rings is 1. The number of hydrogen-bond acceptors (Lipinski definition) is 5. The molecular formula is C14H16N2O3S. The van der Waals surface area contributed by atoms with Gasteiger partial charge in [0.25, 0.3) is 0 Å². The van der Waals surface area contributed by atoms with Gasteiger partial charge in [0.05, 0.1) is 22.9 Å². The summed E-state index contributed by atoms with van der Waals surface area (Å²) in [7, 11) is -3.53. The predicted molar refractivity (Wildman–Crippen MR) is 77.2 cm³/mol. The first-order valence-electron chi connectivity index (χ1n) is 6.17. The van der Waals surface area contributed by atoms with Crippen LogP contribution in [0.15, 0.2) is 47.6 Å². The van der Waals surface area contributed by atoms with Crippen LogP contribution in [0.3, 0.4) is 0 Å². The molecule has 0 amide bonds. The smallest absolute Gasteiger partial charge is 0.184 e. The first kappa shape index (κ1) is 14.3. The molecule has 2 aromatic rings. The fourth-order valence-corrected chi connectivity index (χ4v) is 3.31. The number of nitrogen functional groups attached to an aromatic ring is 1. The molecule has 0 aliphatic carbocycles. The molecule has 0 unspecified atom stereocenters. The lowest BCUT2D eigenvalue weighted by Gasteiger charge is -2.10. The van der Waals surface area contributed by atoms with Gasteiger partial charge >= 0.3 is 0 Å². The van der Waals surface area contributed by atoms with E-state index in [2.05, 4.69) is 4.98 Å². The molecule has 0 atom stereocenters. The minimum atomic E-state index is -3.53. The molecule has 0 saturated carbocycles. The van der Waals surface area contributed by atoms with Crippen molar-refractivity contribution in [2.75, 3.05) is 12.3 Å². The van der Waals surface area contributed by atoms with Crippen LogP contribution in [-0.4, -0.2) is 20.0 Å². The minimum Gasteiger partial charge on any atom is -0.494 e. The Morgan fingerprint density at radius 2 is 2.10 bits per heavy atom. The maximum Gasteiger partial charge on any atom is 0.184 e. The summed E-state index contributed by atoms with van der Waals surface area (Å²) in [6, 6.07) is 8.07. The highest BCUT2D eigenvalue weighted by atomic mass is 32.2. The highest BCUT2D eigenvalue weighted by Crippen LogP contribution is 2.27. The normalized spacial score (nSPS) is 11.2. The summed E-state index contributed by atoms with van der Waals surface area (Å²) in [5.41, 5.74) is 6.61. The zero-order valence-corrected chi connectivity index (χ0v) is 11.9. The number of nitrogens with two attached hydrogens (primary N) is 1. The molecule has 1 aromatic carbocycles. The van der Waals surface area contributed by atoms with Crippen molar-refractivity contribution in [1.82, 2.24) is 4.98 Å². The molecule has 20 heavy (non-hydrogen) atoms. The van der Waals surface area contributed by atoms with Crippen LogP contribution in [0.5, 0.6) is 5.75 Å². The molecule has 106 valence electrons. The van der Waals surface area contributed by atoms with Gasteiger partial charge in [0.15, 0.2) is 9.84 Å². The van der Waals surface area contributed by atoms with Gasteiger partial charge in [-0.25, -0.2) is 8.42 Å². The maximum absolute atomic E-state index is 12.4. The van der Waals surface area contributed by atoms with E-state index in [9.17, 15) is 8.42 Å². The first-order valence-corrected chi connectivity index (χ1v) is 7.82. The second kappa shape index (κ2) is 5.92. The Morgan fingerprint density at radius 3 is 2.75 bits per heavy atom. The number of sulfone groups is 1. The molecule has 2 rings (SSSR count). The summed E-state index contributed by atoms with van der Waals surface area (Å²) in [6.45, 7) is 2.30. The van der Waals surface area contributed by atoms with E-state index in [0.29, 0.717) is 17.9 Å². The molecule has 6 heteroatoms. The van der Waals surface area contributed by atoms with E-state index in [-0.39, 0.29) is 16.3 Å². The minimum absolute atomic E-state index is 0.0901. The van der Waals surface area contributed by atoms with Crippen LogP contribution in [0.4, 0.5) is 5.69 Å². The summed E-state index contributed by atoms with van der Waals surface area (Å²) in [5, 5.41) is 0. The summed E-state index contributed by atoms with van der Waals surface area (Å²) < 4.78 is 30.1. The second-order valence-electron chi connectivity index (χ2n) is 4.25. The van der Waals surface area contributed by atoms with Crippen molar-refractivity contribution >= 4 is 15.5 Å². The van der Waals surface area contributed by atoms with E-state index < -0.39 is 9.84 Å². The number of hydrogen-bond donors (Lipinski definition) is 1. The Hall–Kier alpha value is -2.08. The van der Waals surface area contributed by atoms with Crippen LogP contribution in [0.2, 0.25) is 0 Å². The van der Waals surface area contributed by atoms with Gasteiger partial charge in [-0.15, -0.1) is 0 Å². The Balaban J connectivity index is 2.36. The quantitative estimate of drug-likeness (QED) is 0.853. The molecule has 0 aliphatic rings. The average Bonchev–Trinajstić information content (AvgIpc) is 2.42. The number of ether oxygens (including phenoxy) is 1. The predicted octanol–water partition coefficient (Wildman–Crippen LogP) is 2.04. The fraction of sp³-hybridized carbons (Fsp3) is 0.214. The van der Waals surface area contributed by atoms with E-state index in [0.717, 1.165) is 0 Å². The molecule has 1 aromatic heterocycles. The van der Waals surface area contributed by atoms with Gasteiger partial charge in [0.2, 0.25) is 0 Å². The van der Waals surface area contributed by atoms with Crippen LogP contribution in [-0.2, 0) is 15.6 Å². The number of anilines is 1. The van der Waals surface area contributed by atoms with E-state index in [1.165, 1.54) is 12.3 Å². The van der Waals surface area contributed by atoms with Crippen LogP contribution in [0.1, 0.15) is 12.5 Å². The van der Waals surface area contributed by atoms with Crippen molar-refractivity contribution in [1.29, 1.82) is 0 Å². The van der Waals surface area contributed by atoms with Crippen LogP contribution in [0, 0.1) is 0 Å². The van der Waals surface area contributed by atoms with Gasteiger partial charge in [-0.1, -0.05) is 6.07 Å². The number of pyridine rings is 1. The standard InChI is InChI=1S/C14H16N2O3S/c1-2-19-12-5-6-13(15)14(8-12)20(17,18)10-11-4-3-7-16-9-11/h3-9H,2,10,15H2,1H3. The SMILES string of the molecule is CCOc1ccc(N)c(S(=O)(=O)Cc2cccnc2)c1. The second-order valence-corrected chi connectivity index (χ2v) is 6.21. The molecule has 2 N–H and O–H groups in total. The van der Waals surface area contributed by atoms with Crippen LogP contribution >= 0.6 is 0 Å². The first-order chi connectivity index (χ1) is 9.53. The summed E-state index contributed by atoms with van der Waals surface area (Å²) >= 11 is 0. The summed E-state index contributed by atoms with van der Waals surface area (Å²) in [6.07, 6.45) is 3.13. The van der Waals surface area contributed by atoms with Gasteiger partial charge in [0, 0.05) is 18.5 Å². The van der Waals surface area contributed by atoms with E-state index in [1.54, 1.807) is 30.5 Å². The van der Waals surface area contributed by atoms with Crippen molar-refractivity contribution in [2.45, 2.75) is 17.6 Å². The van der Waals surface area contributed by atoms with Crippen molar-refractivity contribution in [3.63, 3.8) is 0 Å². The third-order valence-electron chi connectivity index (χ3n) is 2.71. The van der Waals surface area contributed by atoms with Crippen molar-refractivity contribution in [3.05, 3.63) is 48.3 Å². The molecule has 0 fully saturated rings. The fourth-order valence-electron chi connectivity index (χ4n) is 1.82. The number of aromatic nitrogens is 1. The molecular weight excluding hydrogens is 276 g/mol. The van der Waals surface area contributed by atoms with E-state index in [4.69, 9.17) is 10.5 Å². The zero-order valence-electron chi connectivity index (χ0n) is 11.1. The van der Waals surface area contributed by atoms with Crippen molar-refractivity contribution < 1.29 is 13.2 Å². The van der Waals surface area contributed by atoms with Crippen molar-refractivity contribution in [2.24, 2.45) is 0 Å². The lowest BCUT2D eigenvalue weighted by atomic mass is 10.3. The lowest BCUT2D eigenvalue weighted by Crippen LogP contribution is -2.08. The Kier molecular flexibility index (Phi) is 4.24. The molecule has 1 heterocycles. The number of rotatable bonds is 5. The Bertz CT molecular complexity index is 685. The maximum atomic E-state index is 12.4. The molecule has 0 saturated heterocycles. The van der Waals surface area contributed by atoms with Gasteiger partial charge in [0.1, 0.15) is 5.75 Å². The monoisotopic (exact) mass is 292 g/mol. The molecule has 0 bridgehead atoms. The van der Waals surface area contributed by atoms with Crippen LogP contribution < -0.4 is 10.5 Å². The van der Waals surface area contributed by atoms with E-state index >= 15 is 0 Å². The third kappa shape index (κ3) is 3.27. The largest absolute Gasteiger partial charge is 0.494 e. The highest BCUT2D eigenvalue weighted by molar-refractivity contribution is 7.90. The van der Waals surface area contributed by atoms with Gasteiger partial charge < -0.3 is 10.5 Å². The van der Waals surface area contributed by atoms with E-state index in [1.807, 2.05) is 6.92 Å². The molecule has 0 radical (unpaired) electrons. The topological polar surface area (TPSA) is 82.3 Å². The Labute approximate surface area is 118 Å². The number of nitrogens with zero attached hydrogens (tertiary/aromatic N) is 1. The highest BCUT2D eigenvalue weighted by Gasteiger charge is 2.19. The molecule has 0 aliphatic heterocycles. The lowest BCUT2D eigenvalue weighted by molar-refractivity contribution is 0.339. The average molecular weight is 292 g/mol. The zero-order chi connectivity index (χ0) is 14.6. The van der Waals surface area contributed by atoms with Gasteiger partial charge in [-0.2, -0.15) is 0 Å². The van der Waals surface area contributed by atoms with Gasteiger partial charge in [-0.3, -0.25) is 4.98 Å². The van der Waals surface area contributed by atoms with Gasteiger partial charge in [-0.05, 0) is 30.7 Å². The summed E-state index contributed by atoms with van der Waals surface area (Å²) in [4.78, 5) is 4.00. The molecule has 5 nitrogen and oxygen atoms in total. The Morgan fingerprint density at radius 1 is 1.30 bits per heavy atom. The molecule has 0 spiro atoms. The van der Waals surface area contributed by atoms with Crippen LogP contribution in [0.25, 0.3) is 0 Å². The summed E-state index contributed by atoms with van der Waals surface area (Å²) in [5.74, 6) is 0.354. The van der Waals surface area contributed by atoms with Crippen molar-refractivity contribution in [3.8, 4) is 5.75 Å². The third-order valence-corrected chi connectivity index (χ3v) is 4.45.